The molecule has 8 atom stereocenters. The Morgan fingerprint density at radius 1 is 0.645 bits per heavy atom. The molecule has 0 saturated carbocycles. The molecule has 8 N–H and O–H groups in total. The van der Waals surface area contributed by atoms with Gasteiger partial charge in [-0.2, -0.15) is 0 Å². The third kappa shape index (κ3) is 16.5. The van der Waals surface area contributed by atoms with Crippen LogP contribution in [-0.4, -0.2) is 111 Å². The van der Waals surface area contributed by atoms with Crippen molar-refractivity contribution in [1.29, 1.82) is 0 Å². The third-order valence-corrected chi connectivity index (χ3v) is 9.71. The van der Waals surface area contributed by atoms with Gasteiger partial charge in [0.1, 0.15) is 29.9 Å². The molecule has 16 nitrogen and oxygen atoms in total. The number of aliphatic hydroxyl groups excluding tert-OH is 4. The highest BCUT2D eigenvalue weighted by molar-refractivity contribution is 5.91. The summed E-state index contributed by atoms with van der Waals surface area (Å²) in [5, 5.41) is 53.5. The van der Waals surface area contributed by atoms with Gasteiger partial charge in [-0.15, -0.1) is 0 Å². The quantitative estimate of drug-likeness (QED) is 0.0720. The first-order chi connectivity index (χ1) is 29.1. The number of benzene rings is 3. The van der Waals surface area contributed by atoms with E-state index in [0.29, 0.717) is 23.1 Å². The van der Waals surface area contributed by atoms with Gasteiger partial charge in [0.2, 0.25) is 11.8 Å². The minimum Gasteiger partial charge on any atom is -0.452 e. The molecule has 0 saturated heterocycles. The van der Waals surface area contributed by atoms with Gasteiger partial charge < -0.3 is 55.9 Å². The van der Waals surface area contributed by atoms with E-state index in [1.807, 2.05) is 67.6 Å². The van der Waals surface area contributed by atoms with Gasteiger partial charge in [0.25, 0.3) is 5.91 Å². The first kappa shape index (κ1) is 51.0. The molecule has 0 spiro atoms. The summed E-state index contributed by atoms with van der Waals surface area (Å²) in [4.78, 5) is 67.1. The zero-order chi connectivity index (χ0) is 46.2. The van der Waals surface area contributed by atoms with Crippen LogP contribution in [0, 0.1) is 5.92 Å². The Bertz CT molecular complexity index is 1830. The van der Waals surface area contributed by atoms with Gasteiger partial charge in [0.15, 0.2) is 12.2 Å². The van der Waals surface area contributed by atoms with Crippen LogP contribution in [0.4, 0.5) is 4.79 Å². The number of aliphatic hydroxyl groups is 4. The van der Waals surface area contributed by atoms with Crippen LogP contribution in [0.5, 0.6) is 0 Å². The van der Waals surface area contributed by atoms with E-state index in [-0.39, 0.29) is 13.0 Å². The van der Waals surface area contributed by atoms with Gasteiger partial charge in [0, 0.05) is 0 Å². The van der Waals surface area contributed by atoms with Crippen LogP contribution in [0.15, 0.2) is 91.0 Å². The predicted octanol–water partition coefficient (Wildman–Crippen LogP) is 3.37. The lowest BCUT2D eigenvalue weighted by Crippen LogP contribution is -2.61. The SMILES string of the molecule is CC[C@H](C)[C@H](NC(=O)OC(C)(C)C)C(=O)N[C@@H](COC(C)(C)C)C(=O)N[C@@H](CO)[C@@H](O)[C@@H](O)[C@H](O)C(=O)N[C@@H](CC(=O)OC(c1ccccc1)c1ccccc1)c1ccccc1. The van der Waals surface area contributed by atoms with Crippen molar-refractivity contribution in [3.05, 3.63) is 108 Å². The van der Waals surface area contributed by atoms with Crippen LogP contribution < -0.4 is 21.3 Å². The van der Waals surface area contributed by atoms with Crippen molar-refractivity contribution >= 4 is 29.8 Å². The Labute approximate surface area is 363 Å². The number of hydrogen-bond donors (Lipinski definition) is 8. The summed E-state index contributed by atoms with van der Waals surface area (Å²) >= 11 is 0. The van der Waals surface area contributed by atoms with E-state index in [4.69, 9.17) is 14.2 Å². The average molecular weight is 865 g/mol. The zero-order valence-electron chi connectivity index (χ0n) is 36.7. The fourth-order valence-electron chi connectivity index (χ4n) is 6.14. The van der Waals surface area contributed by atoms with Crippen LogP contribution in [0.3, 0.4) is 0 Å². The molecule has 340 valence electrons. The Kier molecular flexibility index (Phi) is 19.5. The van der Waals surface area contributed by atoms with Gasteiger partial charge in [-0.3, -0.25) is 19.2 Å². The molecule has 3 rings (SSSR count). The lowest BCUT2D eigenvalue weighted by molar-refractivity contribution is -0.149. The summed E-state index contributed by atoms with van der Waals surface area (Å²) in [7, 11) is 0. The summed E-state index contributed by atoms with van der Waals surface area (Å²) in [6.45, 7) is 12.3. The highest BCUT2D eigenvalue weighted by Gasteiger charge is 2.39. The van der Waals surface area contributed by atoms with E-state index >= 15 is 0 Å². The number of amides is 4. The molecule has 0 aliphatic carbocycles. The molecule has 16 heteroatoms. The number of ether oxygens (including phenoxy) is 3. The molecule has 0 aliphatic rings. The van der Waals surface area contributed by atoms with Crippen molar-refractivity contribution in [2.75, 3.05) is 13.2 Å². The molecule has 62 heavy (non-hydrogen) atoms. The Morgan fingerprint density at radius 3 is 1.63 bits per heavy atom. The number of rotatable bonds is 21. The van der Waals surface area contributed by atoms with Crippen molar-refractivity contribution in [2.24, 2.45) is 5.92 Å². The van der Waals surface area contributed by atoms with Gasteiger partial charge >= 0.3 is 12.1 Å². The number of carbonyl (C=O) groups is 5. The summed E-state index contributed by atoms with van der Waals surface area (Å²) in [6, 6.07) is 21.3. The molecule has 0 bridgehead atoms. The minimum atomic E-state index is -2.32. The number of carbonyl (C=O) groups excluding carboxylic acids is 5. The number of hydrogen-bond acceptors (Lipinski definition) is 12. The highest BCUT2D eigenvalue weighted by Crippen LogP contribution is 2.28. The second kappa shape index (κ2) is 23.7. The summed E-state index contributed by atoms with van der Waals surface area (Å²) < 4.78 is 17.1. The predicted molar refractivity (Wildman–Crippen MR) is 230 cm³/mol. The topological polar surface area (TPSA) is 242 Å². The largest absolute Gasteiger partial charge is 0.452 e. The minimum absolute atomic E-state index is 0.386. The second-order valence-corrected chi connectivity index (χ2v) is 17.1. The van der Waals surface area contributed by atoms with Gasteiger partial charge in [-0.05, 0) is 64.2 Å². The van der Waals surface area contributed by atoms with Crippen LogP contribution in [0.2, 0.25) is 0 Å². The molecule has 4 amide bonds. The Balaban J connectivity index is 1.77. The zero-order valence-corrected chi connectivity index (χ0v) is 36.7. The monoisotopic (exact) mass is 864 g/mol. The third-order valence-electron chi connectivity index (χ3n) is 9.71. The van der Waals surface area contributed by atoms with Crippen LogP contribution >= 0.6 is 0 Å². The van der Waals surface area contributed by atoms with Crippen LogP contribution in [-0.2, 0) is 33.4 Å². The molecule has 0 unspecified atom stereocenters. The lowest BCUT2D eigenvalue weighted by atomic mass is 9.97. The van der Waals surface area contributed by atoms with Crippen molar-refractivity contribution in [3.63, 3.8) is 0 Å². The fourth-order valence-corrected chi connectivity index (χ4v) is 6.14. The van der Waals surface area contributed by atoms with E-state index in [9.17, 15) is 44.4 Å². The van der Waals surface area contributed by atoms with Crippen LogP contribution in [0.25, 0.3) is 0 Å². The lowest BCUT2D eigenvalue weighted by Gasteiger charge is -2.32. The maximum atomic E-state index is 13.7. The van der Waals surface area contributed by atoms with E-state index in [1.165, 1.54) is 0 Å². The van der Waals surface area contributed by atoms with E-state index in [2.05, 4.69) is 21.3 Å². The molecular formula is C46H64N4O12. The van der Waals surface area contributed by atoms with Crippen molar-refractivity contribution < 1.29 is 58.6 Å². The Hall–Kier alpha value is -5.39. The standard InChI is InChI=1S/C46H64N4O12/c1-9-28(2)36(50-44(59)62-46(6,7)8)42(57)49-34(27-60-45(3,4)5)41(56)48-33(26-51)37(53)38(54)39(55)43(58)47-32(29-19-13-10-14-20-29)25-35(52)61-40(30-21-15-11-16-22-30)31-23-17-12-18-24-31/h10-24,28,32-34,36-40,51,53-55H,9,25-27H2,1-8H3,(H,47,58)(H,48,56)(H,49,57)(H,50,59)/t28-,32-,33-,34-,36-,37+,38+,39-/m0/s1. The molecule has 3 aromatic rings. The van der Waals surface area contributed by atoms with Gasteiger partial charge in [-0.1, -0.05) is 111 Å². The van der Waals surface area contributed by atoms with Gasteiger partial charge in [-0.25, -0.2) is 4.79 Å². The van der Waals surface area contributed by atoms with Crippen molar-refractivity contribution in [3.8, 4) is 0 Å². The summed E-state index contributed by atoms with van der Waals surface area (Å²) in [5.41, 5.74) is 0.268. The maximum absolute atomic E-state index is 13.7. The smallest absolute Gasteiger partial charge is 0.408 e. The van der Waals surface area contributed by atoms with Crippen molar-refractivity contribution in [2.45, 2.75) is 128 Å². The summed E-state index contributed by atoms with van der Waals surface area (Å²) in [5.74, 6) is -3.98. The summed E-state index contributed by atoms with van der Waals surface area (Å²) in [6.07, 6.45) is -8.27. The fraction of sp³-hybridized carbons (Fsp3) is 0.500. The number of esters is 1. The Morgan fingerprint density at radius 2 is 1.16 bits per heavy atom. The average Bonchev–Trinajstić information content (AvgIpc) is 3.23. The second-order valence-electron chi connectivity index (χ2n) is 17.1. The van der Waals surface area contributed by atoms with E-state index in [0.717, 1.165) is 0 Å². The van der Waals surface area contributed by atoms with Crippen LogP contribution in [0.1, 0.15) is 97.1 Å². The highest BCUT2D eigenvalue weighted by atomic mass is 16.6. The molecular weight excluding hydrogens is 801 g/mol. The first-order valence-corrected chi connectivity index (χ1v) is 20.7. The molecule has 0 heterocycles. The van der Waals surface area contributed by atoms with E-state index < -0.39 is 102 Å². The van der Waals surface area contributed by atoms with Gasteiger partial charge in [0.05, 0.1) is 37.3 Å². The number of alkyl carbamates (subject to hydrolysis) is 1. The van der Waals surface area contributed by atoms with E-state index in [1.54, 1.807) is 78.8 Å². The number of nitrogens with one attached hydrogen (secondary N) is 4. The molecule has 0 aromatic heterocycles. The molecule has 0 fully saturated rings. The normalized spacial score (nSPS) is 15.7. The van der Waals surface area contributed by atoms with Crippen molar-refractivity contribution in [1.82, 2.24) is 21.3 Å². The maximum Gasteiger partial charge on any atom is 0.408 e. The molecule has 0 radical (unpaired) electrons. The molecule has 3 aromatic carbocycles. The molecule has 0 aliphatic heterocycles. The first-order valence-electron chi connectivity index (χ1n) is 20.7.